The molecular weight excluding hydrogens is 411 g/mol. The number of rotatable bonds is 10. The zero-order valence-corrected chi connectivity index (χ0v) is 17.3. The Morgan fingerprint density at radius 1 is 1.16 bits per heavy atom. The molecule has 0 radical (unpaired) electrons. The molecule has 1 saturated heterocycles. The molecule has 1 fully saturated rings. The van der Waals surface area contributed by atoms with Crippen LogP contribution in [0.3, 0.4) is 0 Å². The number of nitrogens with one attached hydrogen (secondary N) is 2. The van der Waals surface area contributed by atoms with Crippen molar-refractivity contribution in [1.29, 1.82) is 0 Å². The van der Waals surface area contributed by atoms with Gasteiger partial charge in [0, 0.05) is 26.1 Å². The van der Waals surface area contributed by atoms with E-state index in [0.29, 0.717) is 31.2 Å². The van der Waals surface area contributed by atoms with E-state index in [1.807, 2.05) is 18.2 Å². The molecule has 0 bridgehead atoms. The van der Waals surface area contributed by atoms with Crippen molar-refractivity contribution in [2.24, 2.45) is 4.99 Å². The molecule has 1 atom stereocenters. The number of halogens is 3. The van der Waals surface area contributed by atoms with Crippen LogP contribution >= 0.6 is 0 Å². The number of hydrogen-bond donors (Lipinski definition) is 2. The summed E-state index contributed by atoms with van der Waals surface area (Å²) in [5, 5.41) is 6.60. The second kappa shape index (κ2) is 11.8. The van der Waals surface area contributed by atoms with Crippen LogP contribution in [0.15, 0.2) is 52.1 Å². The first-order chi connectivity index (χ1) is 15.0. The molecular formula is C22H28F3N3O3. The van der Waals surface area contributed by atoms with E-state index in [9.17, 15) is 13.2 Å². The molecule has 1 unspecified atom stereocenters. The summed E-state index contributed by atoms with van der Waals surface area (Å²) in [6, 6.07) is 11.0. The third kappa shape index (κ3) is 9.02. The molecule has 0 saturated carbocycles. The van der Waals surface area contributed by atoms with E-state index in [0.717, 1.165) is 37.2 Å². The molecule has 2 aromatic rings. The highest BCUT2D eigenvalue weighted by molar-refractivity contribution is 5.79. The predicted molar refractivity (Wildman–Crippen MR) is 111 cm³/mol. The molecule has 1 aliphatic heterocycles. The normalized spacial score (nSPS) is 17.1. The molecule has 1 aromatic carbocycles. The molecule has 170 valence electrons. The van der Waals surface area contributed by atoms with Crippen LogP contribution in [0.25, 0.3) is 0 Å². The standard InChI is InChI=1S/C22H28F3N3O3/c23-22(24,25)16-29-15-18-5-1-4-17(12-18)13-27-21(28-14-20-7-3-11-31-20)26-9-8-19-6-2-10-30-19/h1-2,4-6,10,12,20H,3,7-9,11,13-16H2,(H2,26,27,28). The van der Waals surface area contributed by atoms with Crippen molar-refractivity contribution < 1.29 is 27.1 Å². The van der Waals surface area contributed by atoms with Crippen molar-refractivity contribution >= 4 is 5.96 Å². The SMILES string of the molecule is FC(F)(F)COCc1cccc(CN=C(NCCc2ccco2)NCC2CCCO2)c1. The number of hydrogen-bond acceptors (Lipinski definition) is 4. The van der Waals surface area contributed by atoms with Gasteiger partial charge in [-0.3, -0.25) is 0 Å². The molecule has 1 aliphatic rings. The molecule has 31 heavy (non-hydrogen) atoms. The number of ether oxygens (including phenoxy) is 2. The summed E-state index contributed by atoms with van der Waals surface area (Å²) >= 11 is 0. The van der Waals surface area contributed by atoms with E-state index in [-0.39, 0.29) is 12.7 Å². The maximum atomic E-state index is 12.3. The lowest BCUT2D eigenvalue weighted by Gasteiger charge is -2.15. The summed E-state index contributed by atoms with van der Waals surface area (Å²) in [6.07, 6.45) is 0.296. The third-order valence-corrected chi connectivity index (χ3v) is 4.71. The molecule has 0 spiro atoms. The maximum Gasteiger partial charge on any atom is 0.411 e. The molecule has 0 aliphatic carbocycles. The Morgan fingerprint density at radius 2 is 2.03 bits per heavy atom. The van der Waals surface area contributed by atoms with Gasteiger partial charge >= 0.3 is 6.18 Å². The minimum absolute atomic E-state index is 0.0947. The van der Waals surface area contributed by atoms with Gasteiger partial charge in [0.25, 0.3) is 0 Å². The van der Waals surface area contributed by atoms with Crippen molar-refractivity contribution in [1.82, 2.24) is 10.6 Å². The first kappa shape index (κ1) is 23.1. The smallest absolute Gasteiger partial charge is 0.411 e. The zero-order chi connectivity index (χ0) is 21.9. The van der Waals surface area contributed by atoms with Crippen molar-refractivity contribution in [3.8, 4) is 0 Å². The van der Waals surface area contributed by atoms with E-state index >= 15 is 0 Å². The van der Waals surface area contributed by atoms with Crippen LogP contribution in [0.5, 0.6) is 0 Å². The maximum absolute atomic E-state index is 12.3. The monoisotopic (exact) mass is 439 g/mol. The Kier molecular flexibility index (Phi) is 8.78. The van der Waals surface area contributed by atoms with Gasteiger partial charge in [0.15, 0.2) is 5.96 Å². The van der Waals surface area contributed by atoms with Gasteiger partial charge in [0.05, 0.1) is 25.5 Å². The van der Waals surface area contributed by atoms with Crippen molar-refractivity contribution in [2.45, 2.75) is 44.7 Å². The third-order valence-electron chi connectivity index (χ3n) is 4.71. The van der Waals surface area contributed by atoms with Crippen LogP contribution in [0.4, 0.5) is 13.2 Å². The van der Waals surface area contributed by atoms with Crippen LogP contribution in [0.2, 0.25) is 0 Å². The Labute approximate surface area is 179 Å². The van der Waals surface area contributed by atoms with Crippen LogP contribution in [-0.4, -0.2) is 44.5 Å². The van der Waals surface area contributed by atoms with Crippen molar-refractivity contribution in [3.05, 3.63) is 59.5 Å². The van der Waals surface area contributed by atoms with E-state index in [4.69, 9.17) is 13.9 Å². The number of aliphatic imine (C=N–C) groups is 1. The van der Waals surface area contributed by atoms with Crippen LogP contribution < -0.4 is 10.6 Å². The van der Waals surface area contributed by atoms with Gasteiger partial charge < -0.3 is 24.5 Å². The Hall–Kier alpha value is -2.52. The lowest BCUT2D eigenvalue weighted by atomic mass is 10.1. The fourth-order valence-electron chi connectivity index (χ4n) is 3.22. The summed E-state index contributed by atoms with van der Waals surface area (Å²) in [5.41, 5.74) is 1.56. The summed E-state index contributed by atoms with van der Waals surface area (Å²) in [5.74, 6) is 1.54. The fraction of sp³-hybridized carbons (Fsp3) is 0.500. The van der Waals surface area contributed by atoms with E-state index in [2.05, 4.69) is 15.6 Å². The first-order valence-corrected chi connectivity index (χ1v) is 10.4. The summed E-state index contributed by atoms with van der Waals surface area (Å²) < 4.78 is 52.5. The average molecular weight is 439 g/mol. The first-order valence-electron chi connectivity index (χ1n) is 10.4. The number of nitrogens with zero attached hydrogens (tertiary/aromatic N) is 1. The van der Waals surface area contributed by atoms with Crippen LogP contribution in [0.1, 0.15) is 29.7 Å². The molecule has 6 nitrogen and oxygen atoms in total. The minimum Gasteiger partial charge on any atom is -0.469 e. The van der Waals surface area contributed by atoms with Gasteiger partial charge in [-0.1, -0.05) is 24.3 Å². The van der Waals surface area contributed by atoms with Gasteiger partial charge in [-0.05, 0) is 36.1 Å². The second-order valence-electron chi connectivity index (χ2n) is 7.36. The Balaban J connectivity index is 1.54. The highest BCUT2D eigenvalue weighted by Crippen LogP contribution is 2.16. The number of alkyl halides is 3. The van der Waals surface area contributed by atoms with E-state index < -0.39 is 12.8 Å². The Morgan fingerprint density at radius 3 is 2.77 bits per heavy atom. The van der Waals surface area contributed by atoms with Gasteiger partial charge in [0.1, 0.15) is 12.4 Å². The molecule has 2 heterocycles. The van der Waals surface area contributed by atoms with Crippen LogP contribution in [-0.2, 0) is 29.0 Å². The lowest BCUT2D eigenvalue weighted by Crippen LogP contribution is -2.41. The molecule has 9 heteroatoms. The average Bonchev–Trinajstić information content (AvgIpc) is 3.43. The lowest BCUT2D eigenvalue weighted by molar-refractivity contribution is -0.176. The summed E-state index contributed by atoms with van der Waals surface area (Å²) in [7, 11) is 0. The zero-order valence-electron chi connectivity index (χ0n) is 17.3. The molecule has 1 aromatic heterocycles. The Bertz CT molecular complexity index is 804. The fourth-order valence-corrected chi connectivity index (χ4v) is 3.22. The summed E-state index contributed by atoms with van der Waals surface area (Å²) in [6.45, 7) is 1.13. The quantitative estimate of drug-likeness (QED) is 0.435. The van der Waals surface area contributed by atoms with Gasteiger partial charge in [-0.25, -0.2) is 4.99 Å². The topological polar surface area (TPSA) is 68.0 Å². The van der Waals surface area contributed by atoms with Gasteiger partial charge in [-0.2, -0.15) is 13.2 Å². The number of furan rings is 1. The molecule has 3 rings (SSSR count). The van der Waals surface area contributed by atoms with E-state index in [1.54, 1.807) is 24.5 Å². The predicted octanol–water partition coefficient (Wildman–Crippen LogP) is 3.82. The summed E-state index contributed by atoms with van der Waals surface area (Å²) in [4.78, 5) is 4.62. The second-order valence-corrected chi connectivity index (χ2v) is 7.36. The molecule has 2 N–H and O–H groups in total. The highest BCUT2D eigenvalue weighted by Gasteiger charge is 2.27. The number of benzene rings is 1. The highest BCUT2D eigenvalue weighted by atomic mass is 19.4. The van der Waals surface area contributed by atoms with Crippen LogP contribution in [0, 0.1) is 0 Å². The minimum atomic E-state index is -4.33. The van der Waals surface area contributed by atoms with Gasteiger partial charge in [-0.15, -0.1) is 0 Å². The number of guanidine groups is 1. The van der Waals surface area contributed by atoms with Crippen molar-refractivity contribution in [3.63, 3.8) is 0 Å². The largest absolute Gasteiger partial charge is 0.469 e. The molecule has 0 amide bonds. The van der Waals surface area contributed by atoms with Gasteiger partial charge in [0.2, 0.25) is 0 Å². The van der Waals surface area contributed by atoms with Crippen molar-refractivity contribution in [2.75, 3.05) is 26.3 Å². The van der Waals surface area contributed by atoms with E-state index in [1.165, 1.54) is 0 Å².